The van der Waals surface area contributed by atoms with E-state index in [2.05, 4.69) is 0 Å². The van der Waals surface area contributed by atoms with Crippen LogP contribution in [0.2, 0.25) is 0 Å². The largest absolute Gasteiger partial charge is 0.478 e. The number of aryl methyl sites for hydroxylation is 1. The summed E-state index contributed by atoms with van der Waals surface area (Å²) in [5, 5.41) is 9.24. The molecule has 0 unspecified atom stereocenters. The molecule has 0 aliphatic rings. The quantitative estimate of drug-likeness (QED) is 0.603. The van der Waals surface area contributed by atoms with Gasteiger partial charge in [-0.3, -0.25) is 4.79 Å². The third kappa shape index (κ3) is 4.57. The molecule has 1 N–H and O–H groups in total. The van der Waals surface area contributed by atoms with Crippen LogP contribution in [0.1, 0.15) is 34.2 Å². The molecular formula is C23H21NO4. The number of carbonyl (C=O) groups is 2. The second kappa shape index (κ2) is 8.86. The first-order valence-corrected chi connectivity index (χ1v) is 9.01. The Morgan fingerprint density at radius 3 is 2.61 bits per heavy atom. The molecule has 5 heteroatoms. The summed E-state index contributed by atoms with van der Waals surface area (Å²) in [6, 6.07) is 17.9. The molecule has 1 amide bonds. The Labute approximate surface area is 163 Å². The van der Waals surface area contributed by atoms with E-state index < -0.39 is 5.97 Å². The Bertz CT molecular complexity index is 989. The minimum atomic E-state index is -0.994. The van der Waals surface area contributed by atoms with Crippen LogP contribution in [0.15, 0.2) is 77.4 Å². The summed E-state index contributed by atoms with van der Waals surface area (Å²) in [5.74, 6) is -0.616. The van der Waals surface area contributed by atoms with Crippen molar-refractivity contribution in [1.29, 1.82) is 0 Å². The molecule has 0 saturated carbocycles. The van der Waals surface area contributed by atoms with E-state index in [1.54, 1.807) is 41.5 Å². The van der Waals surface area contributed by atoms with Crippen LogP contribution in [-0.4, -0.2) is 17.0 Å². The number of hydrogen-bond donors (Lipinski definition) is 1. The molecule has 2 aromatic carbocycles. The molecule has 28 heavy (non-hydrogen) atoms. The summed E-state index contributed by atoms with van der Waals surface area (Å²) in [7, 11) is 0. The molecular weight excluding hydrogens is 354 g/mol. The number of benzene rings is 2. The number of hydrogen-bond acceptors (Lipinski definition) is 3. The second-order valence-corrected chi connectivity index (χ2v) is 6.26. The number of carbonyl (C=O) groups excluding carboxylic acids is 1. The lowest BCUT2D eigenvalue weighted by molar-refractivity contribution is -0.114. The number of amides is 1. The van der Waals surface area contributed by atoms with Crippen LogP contribution in [0, 0.1) is 0 Å². The van der Waals surface area contributed by atoms with Crippen molar-refractivity contribution in [3.8, 4) is 0 Å². The normalized spacial score (nSPS) is 10.9. The number of carboxylic acid groups (broad SMARTS) is 1. The van der Waals surface area contributed by atoms with Gasteiger partial charge in [0.05, 0.1) is 18.4 Å². The van der Waals surface area contributed by atoms with Crippen molar-refractivity contribution in [2.45, 2.75) is 19.9 Å². The zero-order valence-corrected chi connectivity index (χ0v) is 15.5. The molecule has 0 bridgehead atoms. The van der Waals surface area contributed by atoms with E-state index in [-0.39, 0.29) is 18.0 Å². The molecule has 0 saturated heterocycles. The number of rotatable bonds is 7. The molecule has 0 aliphatic heterocycles. The van der Waals surface area contributed by atoms with Crippen molar-refractivity contribution in [2.24, 2.45) is 0 Å². The fraction of sp³-hybridized carbons (Fsp3) is 0.130. The third-order valence-electron chi connectivity index (χ3n) is 4.38. The maximum absolute atomic E-state index is 13.0. The molecule has 142 valence electrons. The second-order valence-electron chi connectivity index (χ2n) is 6.26. The van der Waals surface area contributed by atoms with Gasteiger partial charge in [-0.05, 0) is 54.0 Å². The Balaban J connectivity index is 1.95. The molecule has 3 rings (SSSR count). The fourth-order valence-corrected chi connectivity index (χ4v) is 2.97. The highest BCUT2D eigenvalue weighted by atomic mass is 16.4. The monoisotopic (exact) mass is 375 g/mol. The van der Waals surface area contributed by atoms with Gasteiger partial charge >= 0.3 is 5.97 Å². The van der Waals surface area contributed by atoms with Crippen LogP contribution in [0.4, 0.5) is 5.69 Å². The maximum atomic E-state index is 13.0. The predicted octanol–water partition coefficient (Wildman–Crippen LogP) is 4.79. The number of para-hydroxylation sites is 1. The number of furan rings is 1. The lowest BCUT2D eigenvalue weighted by Crippen LogP contribution is -2.29. The Morgan fingerprint density at radius 2 is 1.89 bits per heavy atom. The highest BCUT2D eigenvalue weighted by molar-refractivity contribution is 6.04. The van der Waals surface area contributed by atoms with Crippen LogP contribution in [0.5, 0.6) is 0 Å². The van der Waals surface area contributed by atoms with Crippen LogP contribution < -0.4 is 4.90 Å². The Kier molecular flexibility index (Phi) is 6.07. The molecule has 0 radical (unpaired) electrons. The first kappa shape index (κ1) is 19.2. The number of anilines is 1. The van der Waals surface area contributed by atoms with E-state index in [4.69, 9.17) is 4.42 Å². The maximum Gasteiger partial charge on any atom is 0.335 e. The van der Waals surface area contributed by atoms with Crippen molar-refractivity contribution >= 4 is 23.6 Å². The third-order valence-corrected chi connectivity index (χ3v) is 4.38. The number of nitrogens with zero attached hydrogens (tertiary/aromatic N) is 1. The van der Waals surface area contributed by atoms with Gasteiger partial charge in [0.1, 0.15) is 5.76 Å². The summed E-state index contributed by atoms with van der Waals surface area (Å²) in [6.07, 6.45) is 5.41. The van der Waals surface area contributed by atoms with E-state index in [1.807, 2.05) is 37.3 Å². The summed E-state index contributed by atoms with van der Waals surface area (Å²) >= 11 is 0. The van der Waals surface area contributed by atoms with Gasteiger partial charge in [0.2, 0.25) is 0 Å². The summed E-state index contributed by atoms with van der Waals surface area (Å²) < 4.78 is 5.25. The van der Waals surface area contributed by atoms with E-state index in [0.29, 0.717) is 5.76 Å². The minimum absolute atomic E-state index is 0.194. The Morgan fingerprint density at radius 1 is 1.07 bits per heavy atom. The highest BCUT2D eigenvalue weighted by Gasteiger charge is 2.17. The SMILES string of the molecule is CCc1ccccc1N(Cc1cccc(C(=O)O)c1)C(=O)/C=C/c1ccco1. The molecule has 0 aliphatic carbocycles. The van der Waals surface area contributed by atoms with Gasteiger partial charge in [-0.1, -0.05) is 37.3 Å². The average Bonchev–Trinajstić information content (AvgIpc) is 3.24. The van der Waals surface area contributed by atoms with Crippen molar-refractivity contribution in [1.82, 2.24) is 0 Å². The number of aromatic carboxylic acids is 1. The summed E-state index contributed by atoms with van der Waals surface area (Å²) in [4.78, 5) is 25.9. The molecule has 1 heterocycles. The standard InChI is InChI=1S/C23H21NO4/c1-2-18-8-3-4-11-21(18)24(22(25)13-12-20-10-6-14-28-20)16-17-7-5-9-19(15-17)23(26)27/h3-15H,2,16H2,1H3,(H,26,27)/b13-12+. The molecule has 0 spiro atoms. The number of carboxylic acids is 1. The van der Waals surface area contributed by atoms with E-state index in [1.165, 1.54) is 12.1 Å². The van der Waals surface area contributed by atoms with Crippen molar-refractivity contribution < 1.29 is 19.1 Å². The molecule has 0 fully saturated rings. The van der Waals surface area contributed by atoms with Gasteiger partial charge in [0, 0.05) is 11.8 Å². The molecule has 1 aromatic heterocycles. The average molecular weight is 375 g/mol. The van der Waals surface area contributed by atoms with Crippen LogP contribution >= 0.6 is 0 Å². The summed E-state index contributed by atoms with van der Waals surface area (Å²) in [5.41, 5.74) is 2.78. The molecule has 0 atom stereocenters. The van der Waals surface area contributed by atoms with Crippen molar-refractivity contribution in [3.63, 3.8) is 0 Å². The van der Waals surface area contributed by atoms with Gasteiger partial charge in [-0.15, -0.1) is 0 Å². The zero-order valence-electron chi connectivity index (χ0n) is 15.5. The van der Waals surface area contributed by atoms with Crippen LogP contribution in [0.3, 0.4) is 0 Å². The van der Waals surface area contributed by atoms with Gasteiger partial charge in [-0.25, -0.2) is 4.79 Å². The van der Waals surface area contributed by atoms with Gasteiger partial charge < -0.3 is 14.4 Å². The lowest BCUT2D eigenvalue weighted by atomic mass is 10.1. The smallest absolute Gasteiger partial charge is 0.335 e. The van der Waals surface area contributed by atoms with E-state index in [9.17, 15) is 14.7 Å². The van der Waals surface area contributed by atoms with Gasteiger partial charge in [-0.2, -0.15) is 0 Å². The van der Waals surface area contributed by atoms with Crippen molar-refractivity contribution in [3.05, 3.63) is 95.5 Å². The zero-order chi connectivity index (χ0) is 19.9. The van der Waals surface area contributed by atoms with E-state index >= 15 is 0 Å². The summed E-state index contributed by atoms with van der Waals surface area (Å²) in [6.45, 7) is 2.30. The fourth-order valence-electron chi connectivity index (χ4n) is 2.97. The molecule has 5 nitrogen and oxygen atoms in total. The Hall–Kier alpha value is -3.60. The first-order valence-electron chi connectivity index (χ1n) is 9.01. The van der Waals surface area contributed by atoms with Crippen LogP contribution in [-0.2, 0) is 17.8 Å². The van der Waals surface area contributed by atoms with Crippen LogP contribution in [0.25, 0.3) is 6.08 Å². The van der Waals surface area contributed by atoms with Gasteiger partial charge in [0.25, 0.3) is 5.91 Å². The predicted molar refractivity (Wildman–Crippen MR) is 108 cm³/mol. The minimum Gasteiger partial charge on any atom is -0.478 e. The highest BCUT2D eigenvalue weighted by Crippen LogP contribution is 2.24. The lowest BCUT2D eigenvalue weighted by Gasteiger charge is -2.24. The topological polar surface area (TPSA) is 70.8 Å². The van der Waals surface area contributed by atoms with Crippen molar-refractivity contribution in [2.75, 3.05) is 4.90 Å². The van der Waals surface area contributed by atoms with E-state index in [0.717, 1.165) is 23.2 Å². The van der Waals surface area contributed by atoms with Gasteiger partial charge in [0.15, 0.2) is 0 Å². The first-order chi connectivity index (χ1) is 13.6. The molecule has 3 aromatic rings.